The molecule has 0 amide bonds. The fourth-order valence-corrected chi connectivity index (χ4v) is 1.75. The van der Waals surface area contributed by atoms with E-state index in [2.05, 4.69) is 0 Å². The molecule has 0 saturated heterocycles. The first-order valence-electron chi connectivity index (χ1n) is 5.92. The number of benzene rings is 1. The first-order chi connectivity index (χ1) is 8.05. The summed E-state index contributed by atoms with van der Waals surface area (Å²) in [6, 6.07) is 7.74. The predicted octanol–water partition coefficient (Wildman–Crippen LogP) is 2.41. The van der Waals surface area contributed by atoms with Crippen LogP contribution in [0.1, 0.15) is 25.8 Å². The fraction of sp³-hybridized carbons (Fsp3) is 0.571. The molecule has 2 atom stereocenters. The maximum Gasteiger partial charge on any atom is 0.119 e. The van der Waals surface area contributed by atoms with Gasteiger partial charge in [-0.3, -0.25) is 0 Å². The first-order valence-corrected chi connectivity index (χ1v) is 5.92. The van der Waals surface area contributed by atoms with Crippen LogP contribution in [0.25, 0.3) is 0 Å². The van der Waals surface area contributed by atoms with Crippen molar-refractivity contribution in [2.45, 2.75) is 38.4 Å². The molecule has 1 N–H and O–H groups in total. The van der Waals surface area contributed by atoms with Crippen LogP contribution in [0.15, 0.2) is 24.3 Å². The van der Waals surface area contributed by atoms with E-state index in [0.29, 0.717) is 6.42 Å². The highest BCUT2D eigenvalue weighted by molar-refractivity contribution is 5.29. The van der Waals surface area contributed by atoms with Gasteiger partial charge in [0, 0.05) is 13.5 Å². The molecule has 0 aromatic heterocycles. The summed E-state index contributed by atoms with van der Waals surface area (Å²) < 4.78 is 10.6. The Morgan fingerprint density at radius 3 is 2.59 bits per heavy atom. The van der Waals surface area contributed by atoms with Gasteiger partial charge in [0.25, 0.3) is 0 Å². The lowest BCUT2D eigenvalue weighted by atomic mass is 9.91. The molecule has 0 saturated carbocycles. The van der Waals surface area contributed by atoms with Gasteiger partial charge in [-0.15, -0.1) is 0 Å². The van der Waals surface area contributed by atoms with Gasteiger partial charge in [0.15, 0.2) is 0 Å². The van der Waals surface area contributed by atoms with Crippen molar-refractivity contribution < 1.29 is 14.6 Å². The van der Waals surface area contributed by atoms with Gasteiger partial charge >= 0.3 is 0 Å². The second kappa shape index (κ2) is 6.03. The quantitative estimate of drug-likeness (QED) is 0.827. The number of hydrogen-bond acceptors (Lipinski definition) is 3. The summed E-state index contributed by atoms with van der Waals surface area (Å²) in [4.78, 5) is 0. The van der Waals surface area contributed by atoms with Crippen molar-refractivity contribution in [2.24, 2.45) is 0 Å². The fourth-order valence-electron chi connectivity index (χ4n) is 1.75. The van der Waals surface area contributed by atoms with Gasteiger partial charge in [0.2, 0.25) is 0 Å². The number of aliphatic hydroxyl groups is 1. The maximum absolute atomic E-state index is 10.2. The molecule has 0 aliphatic carbocycles. The highest BCUT2D eigenvalue weighted by Gasteiger charge is 2.30. The molecule has 3 nitrogen and oxygen atoms in total. The Balaban J connectivity index is 2.76. The molecule has 2 unspecified atom stereocenters. The van der Waals surface area contributed by atoms with Crippen LogP contribution in [-0.4, -0.2) is 31.0 Å². The topological polar surface area (TPSA) is 38.7 Å². The third-order valence-electron chi connectivity index (χ3n) is 3.44. The van der Waals surface area contributed by atoms with Crippen molar-refractivity contribution in [2.75, 3.05) is 14.2 Å². The Morgan fingerprint density at radius 1 is 1.35 bits per heavy atom. The lowest BCUT2D eigenvalue weighted by Gasteiger charge is -2.32. The molecular formula is C14H22O3. The molecule has 0 aliphatic rings. The molecule has 1 aromatic carbocycles. The average molecular weight is 238 g/mol. The Kier molecular flexibility index (Phi) is 4.97. The summed E-state index contributed by atoms with van der Waals surface area (Å²) in [5, 5.41) is 10.2. The van der Waals surface area contributed by atoms with Gasteiger partial charge in [-0.1, -0.05) is 19.1 Å². The van der Waals surface area contributed by atoms with E-state index >= 15 is 0 Å². The second-order valence-electron chi connectivity index (χ2n) is 4.44. The van der Waals surface area contributed by atoms with E-state index in [1.807, 2.05) is 38.1 Å². The average Bonchev–Trinajstić information content (AvgIpc) is 2.37. The lowest BCUT2D eigenvalue weighted by Crippen LogP contribution is -2.42. The van der Waals surface area contributed by atoms with Crippen LogP contribution in [0.3, 0.4) is 0 Å². The van der Waals surface area contributed by atoms with E-state index in [1.165, 1.54) is 0 Å². The van der Waals surface area contributed by atoms with Crippen LogP contribution in [0.2, 0.25) is 0 Å². The maximum atomic E-state index is 10.2. The van der Waals surface area contributed by atoms with Crippen LogP contribution in [0, 0.1) is 0 Å². The normalized spacial score (nSPS) is 16.3. The van der Waals surface area contributed by atoms with Crippen LogP contribution >= 0.6 is 0 Å². The molecule has 0 radical (unpaired) electrons. The molecule has 96 valence electrons. The van der Waals surface area contributed by atoms with Gasteiger partial charge in [0.05, 0.1) is 18.8 Å². The number of hydrogen-bond donors (Lipinski definition) is 1. The van der Waals surface area contributed by atoms with Crippen molar-refractivity contribution >= 4 is 0 Å². The van der Waals surface area contributed by atoms with Crippen molar-refractivity contribution in [3.8, 4) is 5.75 Å². The Labute approximate surface area is 103 Å². The largest absolute Gasteiger partial charge is 0.497 e. The van der Waals surface area contributed by atoms with E-state index < -0.39 is 11.7 Å². The number of rotatable bonds is 6. The summed E-state index contributed by atoms with van der Waals surface area (Å²) in [5.41, 5.74) is 0.553. The van der Waals surface area contributed by atoms with Crippen molar-refractivity contribution in [3.63, 3.8) is 0 Å². The monoisotopic (exact) mass is 238 g/mol. The van der Waals surface area contributed by atoms with E-state index in [1.54, 1.807) is 14.2 Å². The van der Waals surface area contributed by atoms with Crippen molar-refractivity contribution in [1.29, 1.82) is 0 Å². The van der Waals surface area contributed by atoms with E-state index in [9.17, 15) is 5.11 Å². The molecule has 1 rings (SSSR count). The number of ether oxygens (including phenoxy) is 2. The minimum Gasteiger partial charge on any atom is -0.497 e. The molecule has 0 heterocycles. The number of methoxy groups -OCH3 is 2. The zero-order valence-electron chi connectivity index (χ0n) is 11.1. The molecule has 0 fully saturated rings. The molecule has 0 aliphatic heterocycles. The zero-order valence-corrected chi connectivity index (χ0v) is 11.1. The highest BCUT2D eigenvalue weighted by Crippen LogP contribution is 2.23. The number of aliphatic hydroxyl groups excluding tert-OH is 1. The van der Waals surface area contributed by atoms with E-state index in [4.69, 9.17) is 9.47 Å². The molecule has 3 heteroatoms. The molecule has 17 heavy (non-hydrogen) atoms. The van der Waals surface area contributed by atoms with Crippen molar-refractivity contribution in [1.82, 2.24) is 0 Å². The lowest BCUT2D eigenvalue weighted by molar-refractivity contribution is -0.0914. The van der Waals surface area contributed by atoms with Gasteiger partial charge in [0.1, 0.15) is 5.75 Å². The summed E-state index contributed by atoms with van der Waals surface area (Å²) in [6.45, 7) is 3.94. The molecule has 0 spiro atoms. The van der Waals surface area contributed by atoms with E-state index in [0.717, 1.165) is 17.7 Å². The Morgan fingerprint density at radius 2 is 2.06 bits per heavy atom. The first kappa shape index (κ1) is 14.0. The van der Waals surface area contributed by atoms with Crippen LogP contribution in [-0.2, 0) is 11.2 Å². The second-order valence-corrected chi connectivity index (χ2v) is 4.44. The Hall–Kier alpha value is -1.06. The smallest absolute Gasteiger partial charge is 0.119 e. The van der Waals surface area contributed by atoms with Gasteiger partial charge in [-0.2, -0.15) is 0 Å². The van der Waals surface area contributed by atoms with Crippen LogP contribution in [0.5, 0.6) is 5.75 Å². The third-order valence-corrected chi connectivity index (χ3v) is 3.44. The van der Waals surface area contributed by atoms with E-state index in [-0.39, 0.29) is 0 Å². The van der Waals surface area contributed by atoms with Gasteiger partial charge in [-0.25, -0.2) is 0 Å². The summed E-state index contributed by atoms with van der Waals surface area (Å²) in [7, 11) is 3.28. The molecular weight excluding hydrogens is 216 g/mol. The molecule has 0 bridgehead atoms. The van der Waals surface area contributed by atoms with Gasteiger partial charge < -0.3 is 14.6 Å². The SMILES string of the molecule is CCC(C)(OC)C(O)Cc1cccc(OC)c1. The van der Waals surface area contributed by atoms with Gasteiger partial charge in [-0.05, 0) is 31.0 Å². The Bertz CT molecular complexity index is 345. The summed E-state index contributed by atoms with van der Waals surface area (Å²) in [6.07, 6.45) is 0.814. The minimum absolute atomic E-state index is 0.497. The summed E-state index contributed by atoms with van der Waals surface area (Å²) >= 11 is 0. The van der Waals surface area contributed by atoms with Crippen molar-refractivity contribution in [3.05, 3.63) is 29.8 Å². The standard InChI is InChI=1S/C14H22O3/c1-5-14(2,17-4)13(15)10-11-7-6-8-12(9-11)16-3/h6-9,13,15H,5,10H2,1-4H3. The van der Waals surface area contributed by atoms with Crippen LogP contribution < -0.4 is 4.74 Å². The summed E-state index contributed by atoms with van der Waals surface area (Å²) in [5.74, 6) is 0.810. The minimum atomic E-state index is -0.524. The third kappa shape index (κ3) is 3.45. The zero-order chi connectivity index (χ0) is 12.9. The van der Waals surface area contributed by atoms with Crippen LogP contribution in [0.4, 0.5) is 0 Å². The predicted molar refractivity (Wildman–Crippen MR) is 68.4 cm³/mol. The molecule has 1 aromatic rings. The highest BCUT2D eigenvalue weighted by atomic mass is 16.5.